The number of nitrogens with one attached hydrogen (secondary N) is 1. The van der Waals surface area contributed by atoms with Crippen molar-refractivity contribution in [2.45, 2.75) is 26.7 Å². The first kappa shape index (κ1) is 18.3. The molecule has 0 unspecified atom stereocenters. The lowest BCUT2D eigenvalue weighted by Gasteiger charge is -2.06. The number of carbonyl (C=O) groups is 2. The maximum absolute atomic E-state index is 11.9. The number of Topliss-reactive ketones (excluding diaryl/α,β-unsaturated/α-hetero) is 1. The van der Waals surface area contributed by atoms with Crippen LogP contribution >= 0.6 is 0 Å². The normalized spacial score (nSPS) is 10.5. The number of carbonyl (C=O) groups excluding carboxylic acids is 2. The molecule has 22 heavy (non-hydrogen) atoms. The summed E-state index contributed by atoms with van der Waals surface area (Å²) in [7, 11) is 0. The van der Waals surface area contributed by atoms with Crippen molar-refractivity contribution in [2.75, 3.05) is 33.0 Å². The topological polar surface area (TPSA) is 64.6 Å². The maximum Gasteiger partial charge on any atom is 0.245 e. The summed E-state index contributed by atoms with van der Waals surface area (Å²) in [5.74, 6) is -0.0681. The lowest BCUT2D eigenvalue weighted by molar-refractivity contribution is -0.126. The summed E-state index contributed by atoms with van der Waals surface area (Å²) >= 11 is 0. The average Bonchev–Trinajstić information content (AvgIpc) is 2.52. The minimum Gasteiger partial charge on any atom is -0.379 e. The molecule has 0 heterocycles. The van der Waals surface area contributed by atoms with Gasteiger partial charge >= 0.3 is 0 Å². The highest BCUT2D eigenvalue weighted by molar-refractivity contribution is 5.96. The Morgan fingerprint density at radius 3 is 2.45 bits per heavy atom. The fraction of sp³-hybridized carbons (Fsp3) is 0.529. The molecule has 0 aliphatic heterocycles. The molecule has 0 aliphatic carbocycles. The number of aryl methyl sites for hydroxylation is 1. The molecular weight excluding hydrogens is 282 g/mol. The molecule has 1 aromatic carbocycles. The van der Waals surface area contributed by atoms with Crippen LogP contribution in [0.15, 0.2) is 24.3 Å². The molecule has 122 valence electrons. The van der Waals surface area contributed by atoms with Crippen molar-refractivity contribution in [3.8, 4) is 0 Å². The van der Waals surface area contributed by atoms with Gasteiger partial charge in [0.1, 0.15) is 6.61 Å². The predicted octanol–water partition coefficient (Wildman–Crippen LogP) is 2.13. The van der Waals surface area contributed by atoms with Crippen LogP contribution in [0, 0.1) is 6.92 Å². The van der Waals surface area contributed by atoms with Gasteiger partial charge in [-0.2, -0.15) is 0 Å². The van der Waals surface area contributed by atoms with Crippen molar-refractivity contribution in [3.05, 3.63) is 35.4 Å². The van der Waals surface area contributed by atoms with E-state index in [-0.39, 0.29) is 18.3 Å². The lowest BCUT2D eigenvalue weighted by Crippen LogP contribution is -2.29. The van der Waals surface area contributed by atoms with Crippen molar-refractivity contribution in [3.63, 3.8) is 0 Å². The lowest BCUT2D eigenvalue weighted by atomic mass is 10.1. The van der Waals surface area contributed by atoms with Gasteiger partial charge in [-0.25, -0.2) is 0 Å². The van der Waals surface area contributed by atoms with Crippen molar-refractivity contribution < 1.29 is 19.1 Å². The molecule has 1 N–H and O–H groups in total. The van der Waals surface area contributed by atoms with Gasteiger partial charge in [-0.05, 0) is 20.3 Å². The van der Waals surface area contributed by atoms with Gasteiger partial charge in [0.25, 0.3) is 0 Å². The van der Waals surface area contributed by atoms with E-state index in [2.05, 4.69) is 5.32 Å². The Morgan fingerprint density at radius 1 is 1.09 bits per heavy atom. The van der Waals surface area contributed by atoms with Gasteiger partial charge in [-0.3, -0.25) is 9.59 Å². The predicted molar refractivity (Wildman–Crippen MR) is 85.1 cm³/mol. The second kappa shape index (κ2) is 10.9. The highest BCUT2D eigenvalue weighted by atomic mass is 16.5. The van der Waals surface area contributed by atoms with Gasteiger partial charge in [0.15, 0.2) is 5.78 Å². The molecule has 0 saturated heterocycles. The zero-order chi connectivity index (χ0) is 16.2. The van der Waals surface area contributed by atoms with Crippen LogP contribution in [0.1, 0.15) is 35.7 Å². The highest BCUT2D eigenvalue weighted by Crippen LogP contribution is 2.07. The molecule has 5 heteroatoms. The SMILES string of the molecule is CCOCCOCC(=O)NCCCC(=O)c1ccc(C)cc1. The number of amides is 1. The van der Waals surface area contributed by atoms with Crippen LogP contribution in [-0.2, 0) is 14.3 Å². The number of rotatable bonds is 11. The molecule has 0 aromatic heterocycles. The van der Waals surface area contributed by atoms with Crippen molar-refractivity contribution in [1.82, 2.24) is 5.32 Å². The third-order valence-electron chi connectivity index (χ3n) is 3.09. The van der Waals surface area contributed by atoms with E-state index in [0.717, 1.165) is 11.1 Å². The van der Waals surface area contributed by atoms with E-state index in [1.165, 1.54) is 0 Å². The summed E-state index contributed by atoms with van der Waals surface area (Å²) in [6.45, 7) is 5.95. The Bertz CT molecular complexity index is 456. The highest BCUT2D eigenvalue weighted by Gasteiger charge is 2.06. The summed E-state index contributed by atoms with van der Waals surface area (Å²) in [6.07, 6.45) is 1.05. The van der Waals surface area contributed by atoms with Crippen LogP contribution in [0.4, 0.5) is 0 Å². The van der Waals surface area contributed by atoms with Crippen LogP contribution in [0.25, 0.3) is 0 Å². The first-order chi connectivity index (χ1) is 10.6. The van der Waals surface area contributed by atoms with E-state index < -0.39 is 0 Å². The fourth-order valence-corrected chi connectivity index (χ4v) is 1.84. The Labute approximate surface area is 132 Å². The van der Waals surface area contributed by atoms with Crippen LogP contribution in [0.2, 0.25) is 0 Å². The molecule has 1 amide bonds. The molecule has 1 rings (SSSR count). The van der Waals surface area contributed by atoms with Crippen LogP contribution < -0.4 is 5.32 Å². The number of hydrogen-bond donors (Lipinski definition) is 1. The third-order valence-corrected chi connectivity index (χ3v) is 3.09. The number of hydrogen-bond acceptors (Lipinski definition) is 4. The molecule has 0 saturated carbocycles. The largest absolute Gasteiger partial charge is 0.379 e. The zero-order valence-corrected chi connectivity index (χ0v) is 13.4. The number of ether oxygens (including phenoxy) is 2. The quantitative estimate of drug-likeness (QED) is 0.502. The van der Waals surface area contributed by atoms with Crippen LogP contribution in [0.3, 0.4) is 0 Å². The van der Waals surface area contributed by atoms with Gasteiger partial charge in [-0.15, -0.1) is 0 Å². The Kier molecular flexibility index (Phi) is 9.11. The number of ketones is 1. The second-order valence-corrected chi connectivity index (χ2v) is 4.99. The summed E-state index contributed by atoms with van der Waals surface area (Å²) in [5.41, 5.74) is 1.85. The van der Waals surface area contributed by atoms with Gasteiger partial charge in [0.05, 0.1) is 13.2 Å². The summed E-state index contributed by atoms with van der Waals surface area (Å²) in [4.78, 5) is 23.4. The smallest absolute Gasteiger partial charge is 0.245 e. The molecular formula is C17H25NO4. The van der Waals surface area contributed by atoms with E-state index in [4.69, 9.17) is 9.47 Å². The van der Waals surface area contributed by atoms with Gasteiger partial charge < -0.3 is 14.8 Å². The molecule has 0 spiro atoms. The molecule has 0 atom stereocenters. The van der Waals surface area contributed by atoms with E-state index in [1.807, 2.05) is 38.1 Å². The molecule has 0 bridgehead atoms. The third kappa shape index (κ3) is 7.90. The Balaban J connectivity index is 2.08. The van der Waals surface area contributed by atoms with E-state index >= 15 is 0 Å². The second-order valence-electron chi connectivity index (χ2n) is 4.99. The zero-order valence-electron chi connectivity index (χ0n) is 13.4. The van der Waals surface area contributed by atoms with Crippen LogP contribution in [-0.4, -0.2) is 44.7 Å². The minimum absolute atomic E-state index is 0.0268. The van der Waals surface area contributed by atoms with E-state index in [1.54, 1.807) is 0 Å². The first-order valence-corrected chi connectivity index (χ1v) is 7.65. The summed E-state index contributed by atoms with van der Waals surface area (Å²) in [5, 5.41) is 2.73. The molecule has 0 fully saturated rings. The van der Waals surface area contributed by atoms with Crippen molar-refractivity contribution >= 4 is 11.7 Å². The summed E-state index contributed by atoms with van der Waals surface area (Å²) < 4.78 is 10.2. The van der Waals surface area contributed by atoms with E-state index in [0.29, 0.717) is 39.2 Å². The Hall–Kier alpha value is -1.72. The molecule has 1 aromatic rings. The maximum atomic E-state index is 11.9. The van der Waals surface area contributed by atoms with Gasteiger partial charge in [0.2, 0.25) is 5.91 Å². The standard InChI is InChI=1S/C17H25NO4/c1-3-21-11-12-22-13-17(20)18-10-4-5-16(19)15-8-6-14(2)7-9-15/h6-9H,3-5,10-13H2,1-2H3,(H,18,20). The molecule has 0 aliphatic rings. The van der Waals surface area contributed by atoms with Gasteiger partial charge in [-0.1, -0.05) is 29.8 Å². The molecule has 0 radical (unpaired) electrons. The monoisotopic (exact) mass is 307 g/mol. The Morgan fingerprint density at radius 2 is 1.77 bits per heavy atom. The van der Waals surface area contributed by atoms with Crippen molar-refractivity contribution in [2.24, 2.45) is 0 Å². The van der Waals surface area contributed by atoms with Crippen molar-refractivity contribution in [1.29, 1.82) is 0 Å². The number of benzene rings is 1. The molecule has 5 nitrogen and oxygen atoms in total. The van der Waals surface area contributed by atoms with Gasteiger partial charge in [0, 0.05) is 25.1 Å². The minimum atomic E-state index is -0.167. The van der Waals surface area contributed by atoms with Crippen LogP contribution in [0.5, 0.6) is 0 Å². The average molecular weight is 307 g/mol. The van der Waals surface area contributed by atoms with E-state index in [9.17, 15) is 9.59 Å². The fourth-order valence-electron chi connectivity index (χ4n) is 1.84. The first-order valence-electron chi connectivity index (χ1n) is 7.65. The summed E-state index contributed by atoms with van der Waals surface area (Å²) in [6, 6.07) is 7.52.